The fraction of sp³-hybridized carbons (Fsp3) is 0.733. The molecule has 5 nitrogen and oxygen atoms in total. The maximum Gasteiger partial charge on any atom is 0.317 e. The Labute approximate surface area is 120 Å². The summed E-state index contributed by atoms with van der Waals surface area (Å²) in [6.45, 7) is 10.5. The van der Waals surface area contributed by atoms with Gasteiger partial charge in [0.05, 0.1) is 12.2 Å². The van der Waals surface area contributed by atoms with Crippen LogP contribution in [0.25, 0.3) is 0 Å². The maximum absolute atomic E-state index is 12.3. The largest absolute Gasteiger partial charge is 0.331 e. The number of amides is 2. The Morgan fingerprint density at radius 3 is 2.55 bits per heavy atom. The van der Waals surface area contributed by atoms with Crippen molar-refractivity contribution in [1.82, 2.24) is 20.0 Å². The van der Waals surface area contributed by atoms with E-state index in [0.29, 0.717) is 17.3 Å². The SMILES string of the molecule is Cc1c(C(C)NC(=O)N2CC3C(C2)C3(C)C)cnn1C. The van der Waals surface area contributed by atoms with Gasteiger partial charge < -0.3 is 10.2 Å². The average Bonchev–Trinajstić information content (AvgIpc) is 2.80. The summed E-state index contributed by atoms with van der Waals surface area (Å²) in [6, 6.07) is 0.0601. The second-order valence-electron chi connectivity index (χ2n) is 6.92. The van der Waals surface area contributed by atoms with Crippen LogP contribution < -0.4 is 5.32 Å². The Hall–Kier alpha value is -1.52. The van der Waals surface area contributed by atoms with Crippen LogP contribution in [0.2, 0.25) is 0 Å². The summed E-state index contributed by atoms with van der Waals surface area (Å²) in [5.74, 6) is 1.40. The van der Waals surface area contributed by atoms with E-state index in [1.165, 1.54) is 0 Å². The van der Waals surface area contributed by atoms with Crippen LogP contribution in [-0.4, -0.2) is 33.8 Å². The van der Waals surface area contributed by atoms with Gasteiger partial charge in [-0.15, -0.1) is 0 Å². The van der Waals surface area contributed by atoms with Crippen LogP contribution in [0.15, 0.2) is 6.20 Å². The lowest BCUT2D eigenvalue weighted by Gasteiger charge is -2.24. The molecule has 1 saturated heterocycles. The summed E-state index contributed by atoms with van der Waals surface area (Å²) in [5.41, 5.74) is 2.64. The van der Waals surface area contributed by atoms with E-state index in [1.807, 2.05) is 36.7 Å². The van der Waals surface area contributed by atoms with Crippen molar-refractivity contribution in [1.29, 1.82) is 0 Å². The van der Waals surface area contributed by atoms with E-state index in [2.05, 4.69) is 24.3 Å². The van der Waals surface area contributed by atoms with Crippen molar-refractivity contribution >= 4 is 6.03 Å². The fourth-order valence-corrected chi connectivity index (χ4v) is 3.59. The number of fused-ring (bicyclic) bond motifs is 1. The van der Waals surface area contributed by atoms with Crippen LogP contribution in [0.4, 0.5) is 4.79 Å². The predicted octanol–water partition coefficient (Wildman–Crippen LogP) is 2.09. The molecule has 1 aromatic rings. The summed E-state index contributed by atoms with van der Waals surface area (Å²) in [7, 11) is 1.92. The van der Waals surface area contributed by atoms with Crippen LogP contribution in [0, 0.1) is 24.2 Å². The number of aromatic nitrogens is 2. The maximum atomic E-state index is 12.3. The van der Waals surface area contributed by atoms with Gasteiger partial charge in [-0.05, 0) is 31.1 Å². The molecule has 5 heteroatoms. The first-order valence-electron chi connectivity index (χ1n) is 7.36. The van der Waals surface area contributed by atoms with Crippen LogP contribution in [0.5, 0.6) is 0 Å². The molecule has 20 heavy (non-hydrogen) atoms. The third-order valence-corrected chi connectivity index (χ3v) is 5.49. The van der Waals surface area contributed by atoms with Crippen molar-refractivity contribution in [3.63, 3.8) is 0 Å². The van der Waals surface area contributed by atoms with Crippen LogP contribution in [0.1, 0.15) is 38.1 Å². The Bertz CT molecular complexity index is 534. The normalized spacial score (nSPS) is 28.1. The molecule has 0 radical (unpaired) electrons. The van der Waals surface area contributed by atoms with Gasteiger partial charge in [0.15, 0.2) is 0 Å². The quantitative estimate of drug-likeness (QED) is 0.899. The molecule has 110 valence electrons. The van der Waals surface area contributed by atoms with E-state index in [-0.39, 0.29) is 12.1 Å². The number of nitrogens with zero attached hydrogens (tertiary/aromatic N) is 3. The lowest BCUT2D eigenvalue weighted by molar-refractivity contribution is 0.193. The summed E-state index contributed by atoms with van der Waals surface area (Å²) >= 11 is 0. The molecule has 1 aliphatic heterocycles. The summed E-state index contributed by atoms with van der Waals surface area (Å²) < 4.78 is 1.84. The van der Waals surface area contributed by atoms with Crippen molar-refractivity contribution in [2.75, 3.05) is 13.1 Å². The third kappa shape index (κ3) is 1.91. The first kappa shape index (κ1) is 13.5. The average molecular weight is 276 g/mol. The highest BCUT2D eigenvalue weighted by Gasteiger charge is 2.62. The van der Waals surface area contributed by atoms with Crippen molar-refractivity contribution in [2.45, 2.75) is 33.7 Å². The molecule has 3 rings (SSSR count). The van der Waals surface area contributed by atoms with Gasteiger partial charge in [0.1, 0.15) is 0 Å². The molecule has 3 unspecified atom stereocenters. The smallest absolute Gasteiger partial charge is 0.317 e. The highest BCUT2D eigenvalue weighted by molar-refractivity contribution is 5.75. The van der Waals surface area contributed by atoms with E-state index in [4.69, 9.17) is 0 Å². The van der Waals surface area contributed by atoms with E-state index >= 15 is 0 Å². The Morgan fingerprint density at radius 1 is 1.45 bits per heavy atom. The molecular formula is C15H24N4O. The highest BCUT2D eigenvalue weighted by atomic mass is 16.2. The van der Waals surface area contributed by atoms with E-state index < -0.39 is 0 Å². The monoisotopic (exact) mass is 276 g/mol. The van der Waals surface area contributed by atoms with E-state index in [0.717, 1.165) is 24.3 Å². The number of rotatable bonds is 2. The van der Waals surface area contributed by atoms with Gasteiger partial charge in [0.2, 0.25) is 0 Å². The summed E-state index contributed by atoms with van der Waals surface area (Å²) in [4.78, 5) is 14.3. The van der Waals surface area contributed by atoms with Crippen LogP contribution >= 0.6 is 0 Å². The molecular weight excluding hydrogens is 252 g/mol. The lowest BCUT2D eigenvalue weighted by Crippen LogP contribution is -2.41. The number of hydrogen-bond donors (Lipinski definition) is 1. The Balaban J connectivity index is 1.59. The minimum Gasteiger partial charge on any atom is -0.331 e. The second-order valence-corrected chi connectivity index (χ2v) is 6.92. The van der Waals surface area contributed by atoms with Gasteiger partial charge in [0.25, 0.3) is 0 Å². The molecule has 0 aromatic carbocycles. The predicted molar refractivity (Wildman–Crippen MR) is 77.2 cm³/mol. The minimum atomic E-state index is 0.00105. The molecule has 0 spiro atoms. The lowest BCUT2D eigenvalue weighted by atomic mass is 10.1. The molecule has 1 aliphatic carbocycles. The third-order valence-electron chi connectivity index (χ3n) is 5.49. The van der Waals surface area contributed by atoms with Gasteiger partial charge in [-0.3, -0.25) is 4.68 Å². The van der Waals surface area contributed by atoms with Gasteiger partial charge in [-0.2, -0.15) is 5.10 Å². The van der Waals surface area contributed by atoms with Gasteiger partial charge in [-0.25, -0.2) is 4.79 Å². The zero-order valence-electron chi connectivity index (χ0n) is 13.0. The Kier molecular flexibility index (Phi) is 2.85. The number of piperidine rings is 1. The minimum absolute atomic E-state index is 0.00105. The van der Waals surface area contributed by atoms with Crippen molar-refractivity contribution < 1.29 is 4.79 Å². The number of carbonyl (C=O) groups is 1. The first-order valence-corrected chi connectivity index (χ1v) is 7.36. The summed E-state index contributed by atoms with van der Waals surface area (Å²) in [6.07, 6.45) is 1.84. The topological polar surface area (TPSA) is 50.2 Å². The Morgan fingerprint density at radius 2 is 2.05 bits per heavy atom. The van der Waals surface area contributed by atoms with Crippen molar-refractivity contribution in [3.05, 3.63) is 17.5 Å². The van der Waals surface area contributed by atoms with Crippen LogP contribution in [0.3, 0.4) is 0 Å². The molecule has 2 amide bonds. The van der Waals surface area contributed by atoms with Gasteiger partial charge in [-0.1, -0.05) is 13.8 Å². The fourth-order valence-electron chi connectivity index (χ4n) is 3.59. The van der Waals surface area contributed by atoms with Crippen molar-refractivity contribution in [2.24, 2.45) is 24.3 Å². The van der Waals surface area contributed by atoms with Crippen LogP contribution in [-0.2, 0) is 7.05 Å². The van der Waals surface area contributed by atoms with Gasteiger partial charge >= 0.3 is 6.03 Å². The molecule has 1 saturated carbocycles. The van der Waals surface area contributed by atoms with E-state index in [9.17, 15) is 4.79 Å². The number of hydrogen-bond acceptors (Lipinski definition) is 2. The number of nitrogens with one attached hydrogen (secondary N) is 1. The number of urea groups is 1. The number of likely N-dealkylation sites (tertiary alicyclic amines) is 1. The second kappa shape index (κ2) is 4.24. The first-order chi connectivity index (χ1) is 9.32. The number of carbonyl (C=O) groups excluding carboxylic acids is 1. The molecule has 1 N–H and O–H groups in total. The highest BCUT2D eigenvalue weighted by Crippen LogP contribution is 2.61. The molecule has 1 aromatic heterocycles. The molecule has 2 fully saturated rings. The van der Waals surface area contributed by atoms with Gasteiger partial charge in [0, 0.05) is 31.4 Å². The van der Waals surface area contributed by atoms with E-state index in [1.54, 1.807) is 0 Å². The molecule has 2 heterocycles. The number of aryl methyl sites for hydroxylation is 1. The molecule has 0 bridgehead atoms. The summed E-state index contributed by atoms with van der Waals surface area (Å²) in [5, 5.41) is 7.33. The molecule has 2 aliphatic rings. The zero-order chi connectivity index (χ0) is 14.7. The van der Waals surface area contributed by atoms with Crippen molar-refractivity contribution in [3.8, 4) is 0 Å². The standard InChI is InChI=1S/C15H24N4O/c1-9(11-6-16-18(5)10(11)2)17-14(20)19-7-12-13(8-19)15(12,3)4/h6,9,12-13H,7-8H2,1-5H3,(H,17,20). The molecule has 3 atom stereocenters. The zero-order valence-corrected chi connectivity index (χ0v) is 13.0.